The van der Waals surface area contributed by atoms with Crippen molar-refractivity contribution in [2.24, 2.45) is 20.0 Å². The van der Waals surface area contributed by atoms with Gasteiger partial charge in [0.05, 0.1) is 69.6 Å². The maximum atomic E-state index is 11.0. The van der Waals surface area contributed by atoms with Crippen molar-refractivity contribution in [3.8, 4) is 11.1 Å². The number of aromatic amines is 2. The highest BCUT2D eigenvalue weighted by atomic mass is 79.9. The molecule has 0 unspecified atom stereocenters. The molecule has 0 spiro atoms. The van der Waals surface area contributed by atoms with E-state index >= 15 is 0 Å². The molecular formula is C92H109B2BrCl3N17O20. The molecule has 135 heavy (non-hydrogen) atoms. The van der Waals surface area contributed by atoms with Gasteiger partial charge in [0.2, 0.25) is 10.6 Å². The summed E-state index contributed by atoms with van der Waals surface area (Å²) in [6.07, 6.45) is 21.4. The van der Waals surface area contributed by atoms with Gasteiger partial charge in [-0.25, -0.2) is 39.1 Å². The number of rotatable bonds is 11. The van der Waals surface area contributed by atoms with Crippen LogP contribution < -0.4 is 16.5 Å². The predicted octanol–water partition coefficient (Wildman–Crippen LogP) is 21.4. The molecule has 0 saturated carbocycles. The summed E-state index contributed by atoms with van der Waals surface area (Å²) in [5.74, 6) is 0.675. The number of nitro groups is 3. The number of halogens is 4. The molecule has 0 bridgehead atoms. The van der Waals surface area contributed by atoms with Gasteiger partial charge in [0.15, 0.2) is 0 Å². The molecule has 43 heteroatoms. The first kappa shape index (κ1) is 111. The fourth-order valence-electron chi connectivity index (χ4n) is 10.5. The number of hydrogen-bond acceptors (Lipinski definition) is 32. The number of carbonyl (C=O) groups excluding carboxylic acids is 4. The number of nitrogen functional groups attached to an aromatic ring is 1. The predicted molar refractivity (Wildman–Crippen MR) is 527 cm³/mol. The first-order valence-corrected chi connectivity index (χ1v) is 43.5. The van der Waals surface area contributed by atoms with Crippen LogP contribution in [0.2, 0.25) is 15.7 Å². The lowest BCUT2D eigenvalue weighted by molar-refractivity contribution is -0.385. The Morgan fingerprint density at radius 3 is 1.10 bits per heavy atom. The molecule has 4 aromatic heterocycles. The number of nitrogens with zero attached hydrogens (tertiary/aromatic N) is 13. The van der Waals surface area contributed by atoms with Gasteiger partial charge in [0.1, 0.15) is 33.4 Å². The second-order valence-electron chi connectivity index (χ2n) is 34.9. The molecule has 5 N–H and O–H groups in total. The van der Waals surface area contributed by atoms with Crippen molar-refractivity contribution in [3.05, 3.63) is 268 Å². The van der Waals surface area contributed by atoms with Crippen molar-refractivity contribution < 1.29 is 81.0 Å². The fourth-order valence-corrected chi connectivity index (χ4v) is 11.3. The molecule has 6 aliphatic rings. The van der Waals surface area contributed by atoms with E-state index in [1.165, 1.54) is 53.7 Å². The van der Waals surface area contributed by atoms with Crippen LogP contribution in [0, 0.1) is 30.3 Å². The number of carbonyl (C=O) groups is 4. The Kier molecular flexibility index (Phi) is 41.7. The monoisotopic (exact) mass is 1980 g/mol. The summed E-state index contributed by atoms with van der Waals surface area (Å²) in [4.78, 5) is 105. The average Bonchev–Trinajstić information content (AvgIpc) is 1.63. The van der Waals surface area contributed by atoms with Crippen LogP contribution in [-0.2, 0) is 47.0 Å². The minimum atomic E-state index is -1.06. The molecule has 0 aliphatic carbocycles. The van der Waals surface area contributed by atoms with Crippen molar-refractivity contribution >= 4 is 171 Å². The minimum absolute atomic E-state index is 0.0947. The number of nitrogens with one attached hydrogen (secondary N) is 3. The number of anilines is 3. The Morgan fingerprint density at radius 2 is 0.778 bits per heavy atom. The zero-order valence-electron chi connectivity index (χ0n) is 78.3. The molecular weight excluding hydrogens is 1870 g/mol. The molecule has 2 fully saturated rings. The van der Waals surface area contributed by atoms with Gasteiger partial charge < -0.3 is 58.1 Å². The van der Waals surface area contributed by atoms with Gasteiger partial charge in [-0.3, -0.25) is 60.5 Å². The molecule has 0 atom stereocenters. The Bertz CT molecular complexity index is 5530. The number of H-pyrrole nitrogens is 2. The van der Waals surface area contributed by atoms with Crippen molar-refractivity contribution in [2.75, 3.05) is 37.2 Å². The van der Waals surface area contributed by atoms with Crippen LogP contribution in [0.4, 0.5) is 53.4 Å². The first-order chi connectivity index (χ1) is 63.0. The standard InChI is InChI=1S/C14H11ClN4.C10H16BNO2.C10H8N2O2.C10H10N2.2C10H18O5.C9H15BN2O2.C9H7N3O2.C6H4BrNO2.C4H2Cl2N2/c15-14-17-8-6-13(19-14)18-12-3-1-10(2-4-12)11-5-7-16-9-11;1-9(2)10(3,4)14-11(13-9)8-5-6-12-7-8;13-12(14)10-3-1-8(2-4-10)9-5-6-11-7-9;11-10-3-1-8(2-4-10)9-5-6-12-7-9;2*1-9(2,3)14-7(11)13-8(12)15-10(4,5)6;1-8(2)9(3,4)14-10(13-8)7-5-11-12-6-7;13-12(14)9-3-1-7(2-4-9)8-5-10-11-6-8;7-5-1-3-6(4-2-5)8(9)10;5-3-1-2-7-4(6)8-3/h1-6,8-9H,7H2,(H,17,18,19);5,7H,6H2,1-4H3;1-5,7H,6H2;1-5,7H,6,11H2;2*1-6H3;5-6H,1-4H3,(H,11,12);1-6H,(H,10,11);1-4H;1-2H. The average molecular weight is 1980 g/mol. The summed E-state index contributed by atoms with van der Waals surface area (Å²) < 4.78 is 51.8. The summed E-state index contributed by atoms with van der Waals surface area (Å²) in [5, 5.41) is 47.9. The number of non-ortho nitro benzene ring substituents is 3. The lowest BCUT2D eigenvalue weighted by Crippen LogP contribution is -2.41. The molecule has 0 amide bonds. The number of ether oxygens (including phenoxy) is 6. The Hall–Kier alpha value is -13.1. The highest BCUT2D eigenvalue weighted by Crippen LogP contribution is 2.39. The summed E-state index contributed by atoms with van der Waals surface area (Å²) in [7, 11) is -0.551. The molecule has 5 aromatic carbocycles. The van der Waals surface area contributed by atoms with Crippen molar-refractivity contribution in [1.82, 2.24) is 40.3 Å². The number of aliphatic imine (C=N–C) groups is 4. The van der Waals surface area contributed by atoms with E-state index in [0.29, 0.717) is 17.5 Å². The molecule has 0 radical (unpaired) electrons. The Morgan fingerprint density at radius 1 is 0.437 bits per heavy atom. The Balaban J connectivity index is 0.000000232. The van der Waals surface area contributed by atoms with Gasteiger partial charge >= 0.3 is 38.9 Å². The summed E-state index contributed by atoms with van der Waals surface area (Å²) in [6, 6.07) is 38.3. The van der Waals surface area contributed by atoms with Crippen LogP contribution in [0.1, 0.15) is 155 Å². The highest BCUT2D eigenvalue weighted by Gasteiger charge is 2.53. The second-order valence-corrected chi connectivity index (χ2v) is 36.9. The third-order valence-electron chi connectivity index (χ3n) is 18.4. The highest BCUT2D eigenvalue weighted by molar-refractivity contribution is 9.10. The molecule has 37 nitrogen and oxygen atoms in total. The number of allylic oxidation sites excluding steroid dienone is 4. The van der Waals surface area contributed by atoms with E-state index in [-0.39, 0.29) is 64.3 Å². The maximum Gasteiger partial charge on any atom is 0.519 e. The number of aromatic nitrogens is 8. The Labute approximate surface area is 806 Å². The third kappa shape index (κ3) is 40.7. The zero-order chi connectivity index (χ0) is 100. The van der Waals surface area contributed by atoms with E-state index in [1.54, 1.807) is 169 Å². The van der Waals surface area contributed by atoms with E-state index in [9.17, 15) is 49.5 Å². The van der Waals surface area contributed by atoms with Gasteiger partial charge in [0, 0.05) is 119 Å². The molecule has 10 heterocycles. The van der Waals surface area contributed by atoms with Crippen LogP contribution in [0.25, 0.3) is 27.8 Å². The van der Waals surface area contributed by atoms with Crippen LogP contribution in [-0.4, -0.2) is 190 Å². The SMILES string of the molecule is CC(C)(C)OC(=O)OC(=O)OC(C)(C)C.CC(C)(C)OC(=O)OC(=O)OC(C)(C)C.CC1(C)OB(C2=CCN=C2)OC1(C)C.CC1(C)OB(c2cn[nH]c2)OC1(C)C.Clc1ccnc(Cl)n1.Clc1nccc(Nc2ccc(C3=CCN=C3)cc2)n1.Nc1ccc(C2=CCN=C2)cc1.O=[N+]([O-])c1ccc(-c2cn[nH]c2)cc1.O=[N+]([O-])c1ccc(Br)cc1.O=[N+]([O-])c1ccc(C2=CCN=C2)cc1. The summed E-state index contributed by atoms with van der Waals surface area (Å²) >= 11 is 19.7. The molecule has 9 aromatic rings. The topological polar surface area (TPSA) is 486 Å². The first-order valence-electron chi connectivity index (χ1n) is 41.6. The van der Waals surface area contributed by atoms with Gasteiger partial charge in [-0.05, 0) is 279 Å². The van der Waals surface area contributed by atoms with Gasteiger partial charge in [0.25, 0.3) is 17.1 Å². The van der Waals surface area contributed by atoms with Crippen LogP contribution in [0.3, 0.4) is 0 Å². The van der Waals surface area contributed by atoms with E-state index in [4.69, 9.17) is 78.1 Å². The molecule has 716 valence electrons. The van der Waals surface area contributed by atoms with Crippen LogP contribution in [0.5, 0.6) is 0 Å². The summed E-state index contributed by atoms with van der Waals surface area (Å²) in [6.45, 7) is 39.4. The van der Waals surface area contributed by atoms with Crippen molar-refractivity contribution in [3.63, 3.8) is 0 Å². The van der Waals surface area contributed by atoms with Crippen LogP contribution >= 0.6 is 50.7 Å². The lowest BCUT2D eigenvalue weighted by Gasteiger charge is -2.32. The second kappa shape index (κ2) is 50.9. The molecule has 15 rings (SSSR count). The summed E-state index contributed by atoms with van der Waals surface area (Å²) in [5.41, 5.74) is 14.3. The third-order valence-corrected chi connectivity index (χ3v) is 19.5. The van der Waals surface area contributed by atoms with E-state index in [0.717, 1.165) is 79.8 Å². The maximum absolute atomic E-state index is 11.0. The van der Waals surface area contributed by atoms with E-state index < -0.39 is 61.8 Å². The number of nitro benzene ring substituents is 3. The van der Waals surface area contributed by atoms with Gasteiger partial charge in [-0.1, -0.05) is 76.1 Å². The lowest BCUT2D eigenvalue weighted by atomic mass is 9.79. The number of benzene rings is 5. The quantitative estimate of drug-likeness (QED) is 0.0107. The van der Waals surface area contributed by atoms with Gasteiger partial charge in [-0.15, -0.1) is 0 Å². The molecule has 2 saturated heterocycles. The zero-order valence-corrected chi connectivity index (χ0v) is 82.2. The smallest absolute Gasteiger partial charge is 0.428 e. The van der Waals surface area contributed by atoms with Crippen molar-refractivity contribution in [1.29, 1.82) is 0 Å². The largest absolute Gasteiger partial charge is 0.519 e. The van der Waals surface area contributed by atoms with Gasteiger partial charge in [-0.2, -0.15) is 10.2 Å². The fraction of sp³-hybridized carbons (Fsp3) is 0.348. The number of hydrogen-bond donors (Lipinski definition) is 4. The van der Waals surface area contributed by atoms with E-state index in [2.05, 4.69) is 131 Å². The molecule has 6 aliphatic heterocycles. The van der Waals surface area contributed by atoms with Crippen LogP contribution in [0.15, 0.2) is 225 Å². The normalized spacial score (nSPS) is 15.0. The minimum Gasteiger partial charge on any atom is -0.428 e. The van der Waals surface area contributed by atoms with Crippen molar-refractivity contribution in [2.45, 2.75) is 183 Å². The number of nitrogens with two attached hydrogens (primary N) is 1. The van der Waals surface area contributed by atoms with E-state index in [1.807, 2.05) is 107 Å².